The molecular formula is C38H51N7O11. The molecule has 1 aromatic carbocycles. The number of likely N-dealkylation sites (tertiary alicyclic amines) is 1. The maximum Gasteiger partial charge on any atom is 0.415 e. The number of nitrogens with zero attached hydrogens (tertiary/aromatic N) is 1. The van der Waals surface area contributed by atoms with E-state index in [1.54, 1.807) is 7.11 Å². The van der Waals surface area contributed by atoms with Crippen LogP contribution in [0.25, 0.3) is 0 Å². The number of carboxylic acid groups (broad SMARTS) is 2. The molecule has 0 radical (unpaired) electrons. The molecule has 2 aliphatic carbocycles. The molecule has 2 aliphatic heterocycles. The van der Waals surface area contributed by atoms with Gasteiger partial charge in [-0.2, -0.15) is 0 Å². The van der Waals surface area contributed by atoms with Crippen LogP contribution in [0.15, 0.2) is 36.1 Å². The lowest BCUT2D eigenvalue weighted by molar-refractivity contribution is -0.144. The summed E-state index contributed by atoms with van der Waals surface area (Å²) in [6.45, 7) is 5.96. The minimum atomic E-state index is -1.37. The molecule has 18 nitrogen and oxygen atoms in total. The minimum absolute atomic E-state index is 0.0210. The van der Waals surface area contributed by atoms with Crippen molar-refractivity contribution in [2.24, 2.45) is 17.6 Å². The highest BCUT2D eigenvalue weighted by molar-refractivity contribution is 5.95. The van der Waals surface area contributed by atoms with Crippen LogP contribution in [0.1, 0.15) is 69.4 Å². The molecule has 4 amide bonds. The van der Waals surface area contributed by atoms with Gasteiger partial charge in [0.1, 0.15) is 18.2 Å². The molecule has 18 heteroatoms. The number of aliphatic carboxylic acids is 2. The number of fused-ring (bicyclic) bond motifs is 1. The first-order chi connectivity index (χ1) is 26.7. The minimum Gasteiger partial charge on any atom is -0.493 e. The molecule has 5 rings (SSSR count). The van der Waals surface area contributed by atoms with E-state index in [-0.39, 0.29) is 57.2 Å². The third kappa shape index (κ3) is 8.84. The van der Waals surface area contributed by atoms with Crippen molar-refractivity contribution >= 4 is 41.7 Å². The van der Waals surface area contributed by atoms with Gasteiger partial charge in [-0.05, 0) is 75.0 Å². The van der Waals surface area contributed by atoms with E-state index < -0.39 is 78.2 Å². The Bertz CT molecular complexity index is 1800. The molecule has 2 fully saturated rings. The monoisotopic (exact) mass is 781 g/mol. The number of methoxy groups -OCH3 is 1. The lowest BCUT2D eigenvalue weighted by Crippen LogP contribution is -2.55. The van der Waals surface area contributed by atoms with Gasteiger partial charge < -0.3 is 56.3 Å². The number of benzene rings is 1. The van der Waals surface area contributed by atoms with E-state index in [0.29, 0.717) is 23.7 Å². The average Bonchev–Trinajstić information content (AvgIpc) is 3.70. The number of carboxylic acids is 2. The predicted octanol–water partition coefficient (Wildman–Crippen LogP) is 1.27. The summed E-state index contributed by atoms with van der Waals surface area (Å²) in [5.41, 5.74) is 8.11. The number of nitrogens with two attached hydrogens (primary N) is 1. The highest BCUT2D eigenvalue weighted by atomic mass is 16.6. The molecule has 1 saturated carbocycles. The van der Waals surface area contributed by atoms with Crippen LogP contribution in [0.2, 0.25) is 0 Å². The fourth-order valence-electron chi connectivity index (χ4n) is 8.49. The maximum atomic E-state index is 14.1. The first-order valence-corrected chi connectivity index (χ1v) is 18.8. The number of hydrogen-bond acceptors (Lipinski definition) is 10. The van der Waals surface area contributed by atoms with Gasteiger partial charge in [-0.25, -0.2) is 4.79 Å². The summed E-state index contributed by atoms with van der Waals surface area (Å²) < 4.78 is 18.6. The number of amides is 4. The van der Waals surface area contributed by atoms with E-state index in [1.165, 1.54) is 4.90 Å². The Morgan fingerprint density at radius 3 is 2.59 bits per heavy atom. The zero-order chi connectivity index (χ0) is 40.7. The van der Waals surface area contributed by atoms with E-state index in [2.05, 4.69) is 34.8 Å². The maximum absolute atomic E-state index is 14.1. The number of rotatable bonds is 16. The van der Waals surface area contributed by atoms with Crippen LogP contribution in [-0.2, 0) is 40.5 Å². The Labute approximate surface area is 324 Å². The Hall–Kier alpha value is -5.81. The van der Waals surface area contributed by atoms with Gasteiger partial charge in [0.25, 0.3) is 0 Å². The number of carbonyl (C=O) groups is 6. The van der Waals surface area contributed by atoms with E-state index in [0.717, 1.165) is 36.0 Å². The summed E-state index contributed by atoms with van der Waals surface area (Å²) in [6, 6.07) is 1.99. The van der Waals surface area contributed by atoms with Gasteiger partial charge in [0.15, 0.2) is 23.6 Å². The van der Waals surface area contributed by atoms with Crippen LogP contribution >= 0.6 is 0 Å². The van der Waals surface area contributed by atoms with E-state index in [4.69, 9.17) is 30.5 Å². The summed E-state index contributed by atoms with van der Waals surface area (Å²) >= 11 is 0. The molecule has 1 aromatic rings. The standard InChI is InChI=1S/C38H51N7O11/c1-4-21-7-9-26(54-3)32-31(21)38-13-11-20(2)24(38)8-10-27(33(38)56-32)55-37(53)45-15-12-22(35(51)52)16-23(45)18-43-34(50)25(6-5-14-41-36(39)40)44-29(47)19-42-28(46)17-30(48)49/h7,9-10,22-25,33H,2,4-6,8,11-19H2,1,3H3,(H,42,46)(H,43,50)(H,44,47)(H,48,49)(H,51,52)(H4,39,40,41)/t22?,23?,24-,25-,33+,38-/m0/s1. The van der Waals surface area contributed by atoms with Gasteiger partial charge in [0.05, 0.1) is 31.0 Å². The second kappa shape index (κ2) is 17.8. The molecule has 1 spiro atoms. The predicted molar refractivity (Wildman–Crippen MR) is 200 cm³/mol. The van der Waals surface area contributed by atoms with Crippen molar-refractivity contribution in [3.05, 3.63) is 47.2 Å². The number of ether oxygens (including phenoxy) is 3. The van der Waals surface area contributed by atoms with E-state index in [1.807, 2.05) is 18.2 Å². The highest BCUT2D eigenvalue weighted by Crippen LogP contribution is 2.64. The molecule has 56 heavy (non-hydrogen) atoms. The van der Waals surface area contributed by atoms with Gasteiger partial charge >= 0.3 is 18.0 Å². The first-order valence-electron chi connectivity index (χ1n) is 18.8. The van der Waals surface area contributed by atoms with Crippen LogP contribution in [-0.4, -0.2) is 108 Å². The van der Waals surface area contributed by atoms with Crippen molar-refractivity contribution in [3.63, 3.8) is 0 Å². The lowest BCUT2D eigenvalue weighted by Gasteiger charge is -2.42. The highest BCUT2D eigenvalue weighted by Gasteiger charge is 2.62. The number of carbonyl (C=O) groups excluding carboxylic acids is 4. The third-order valence-corrected chi connectivity index (χ3v) is 11.2. The smallest absolute Gasteiger partial charge is 0.415 e. The van der Waals surface area contributed by atoms with Crippen molar-refractivity contribution in [1.82, 2.24) is 26.2 Å². The number of hydrogen-bond donors (Lipinski definition) is 8. The molecule has 4 aliphatic rings. The van der Waals surface area contributed by atoms with Crippen LogP contribution in [0.3, 0.4) is 0 Å². The first kappa shape index (κ1) is 41.4. The zero-order valence-electron chi connectivity index (χ0n) is 31.6. The van der Waals surface area contributed by atoms with Crippen molar-refractivity contribution in [1.29, 1.82) is 5.41 Å². The van der Waals surface area contributed by atoms with Crippen molar-refractivity contribution < 1.29 is 53.2 Å². The Morgan fingerprint density at radius 2 is 1.91 bits per heavy atom. The van der Waals surface area contributed by atoms with Crippen LogP contribution in [0.4, 0.5) is 4.79 Å². The fourth-order valence-corrected chi connectivity index (χ4v) is 8.49. The third-order valence-electron chi connectivity index (χ3n) is 11.2. The second-order valence-electron chi connectivity index (χ2n) is 14.5. The Kier molecular flexibility index (Phi) is 13.1. The Morgan fingerprint density at radius 1 is 1.14 bits per heavy atom. The van der Waals surface area contributed by atoms with Gasteiger partial charge in [-0.1, -0.05) is 25.1 Å². The summed E-state index contributed by atoms with van der Waals surface area (Å²) in [5, 5.41) is 36.1. The second-order valence-corrected chi connectivity index (χ2v) is 14.5. The number of piperidine rings is 1. The fraction of sp³-hybridized carbons (Fsp3) is 0.553. The molecule has 1 saturated heterocycles. The Balaban J connectivity index is 1.31. The van der Waals surface area contributed by atoms with Gasteiger partial charge in [-0.3, -0.25) is 29.4 Å². The van der Waals surface area contributed by atoms with E-state index in [9.17, 15) is 33.9 Å². The number of nitrogens with one attached hydrogen (secondary N) is 5. The molecule has 0 aromatic heterocycles. The topological polar surface area (TPSA) is 272 Å². The van der Waals surface area contributed by atoms with Gasteiger partial charge in [0, 0.05) is 25.2 Å². The number of guanidine groups is 1. The molecule has 2 heterocycles. The molecule has 6 atom stereocenters. The number of allylic oxidation sites excluding steroid dienone is 2. The van der Waals surface area contributed by atoms with E-state index >= 15 is 0 Å². The van der Waals surface area contributed by atoms with Gasteiger partial charge in [-0.15, -0.1) is 0 Å². The largest absolute Gasteiger partial charge is 0.493 e. The summed E-state index contributed by atoms with van der Waals surface area (Å²) in [4.78, 5) is 76.3. The molecule has 2 unspecified atom stereocenters. The molecule has 0 bridgehead atoms. The van der Waals surface area contributed by atoms with Crippen molar-refractivity contribution in [2.75, 3.05) is 33.3 Å². The van der Waals surface area contributed by atoms with Crippen molar-refractivity contribution in [2.45, 2.75) is 88.3 Å². The summed E-state index contributed by atoms with van der Waals surface area (Å²) in [6.07, 6.45) is 3.11. The van der Waals surface area contributed by atoms with Crippen molar-refractivity contribution in [3.8, 4) is 11.5 Å². The molecular weight excluding hydrogens is 730 g/mol. The van der Waals surface area contributed by atoms with Crippen LogP contribution < -0.4 is 36.5 Å². The summed E-state index contributed by atoms with van der Waals surface area (Å²) in [7, 11) is 1.58. The quantitative estimate of drug-likeness (QED) is 0.0387. The summed E-state index contributed by atoms with van der Waals surface area (Å²) in [5.74, 6) is -4.16. The van der Waals surface area contributed by atoms with Crippen LogP contribution in [0, 0.1) is 17.2 Å². The average molecular weight is 782 g/mol. The molecule has 304 valence electrons. The lowest BCUT2D eigenvalue weighted by atomic mass is 9.63. The molecule has 9 N–H and O–H groups in total. The van der Waals surface area contributed by atoms with Gasteiger partial charge in [0.2, 0.25) is 17.7 Å². The zero-order valence-corrected chi connectivity index (χ0v) is 31.6. The number of aryl methyl sites for hydroxylation is 1. The SMILES string of the molecule is C=C1CC[C@]23c4c(CC)ccc(OC)c4O[C@@H]2C(OC(=O)N2CCC(C(=O)O)CC2CNC(=O)[C@H](CCCNC(=N)N)NC(=O)CNC(=O)CC(=O)O)=CC[C@@H]13. The van der Waals surface area contributed by atoms with Crippen LogP contribution in [0.5, 0.6) is 11.5 Å². The normalized spacial score (nSPS) is 23.9.